The van der Waals surface area contributed by atoms with Crippen LogP contribution in [-0.2, 0) is 0 Å². The van der Waals surface area contributed by atoms with Gasteiger partial charge in [-0.05, 0) is 71.4 Å². The second kappa shape index (κ2) is 7.61. The lowest BCUT2D eigenvalue weighted by Crippen LogP contribution is -2.55. The van der Waals surface area contributed by atoms with Crippen molar-refractivity contribution in [1.29, 1.82) is 5.26 Å². The van der Waals surface area contributed by atoms with Gasteiger partial charge >= 0.3 is 0 Å². The summed E-state index contributed by atoms with van der Waals surface area (Å²) in [7, 11) is 0. The van der Waals surface area contributed by atoms with Gasteiger partial charge in [0.05, 0.1) is 6.07 Å². The molecule has 1 aliphatic heterocycles. The standard InChI is InChI=1S/C18H33N3/c1-4-6-16-8-11-21(12-9-16)17-7-5-10-18(13-17,14-19)20-15(2)3/h15-17,20H,4-13H2,1-3H3. The van der Waals surface area contributed by atoms with Gasteiger partial charge in [-0.3, -0.25) is 5.32 Å². The molecule has 2 aliphatic rings. The Hall–Kier alpha value is -0.590. The molecule has 1 saturated carbocycles. The van der Waals surface area contributed by atoms with Gasteiger partial charge in [0, 0.05) is 12.1 Å². The number of likely N-dealkylation sites (tertiary alicyclic amines) is 1. The molecular weight excluding hydrogens is 258 g/mol. The summed E-state index contributed by atoms with van der Waals surface area (Å²) in [6.07, 6.45) is 9.95. The molecule has 1 saturated heterocycles. The summed E-state index contributed by atoms with van der Waals surface area (Å²) in [6.45, 7) is 9.10. The summed E-state index contributed by atoms with van der Waals surface area (Å²) in [5, 5.41) is 13.2. The highest BCUT2D eigenvalue weighted by atomic mass is 15.2. The summed E-state index contributed by atoms with van der Waals surface area (Å²) >= 11 is 0. The van der Waals surface area contributed by atoms with Crippen LogP contribution in [-0.4, -0.2) is 35.6 Å². The normalized spacial score (nSPS) is 32.2. The van der Waals surface area contributed by atoms with E-state index < -0.39 is 0 Å². The fraction of sp³-hybridized carbons (Fsp3) is 0.944. The van der Waals surface area contributed by atoms with E-state index in [0.29, 0.717) is 12.1 Å². The Labute approximate surface area is 131 Å². The highest BCUT2D eigenvalue weighted by Gasteiger charge is 2.39. The number of hydrogen-bond donors (Lipinski definition) is 1. The molecule has 0 aromatic rings. The van der Waals surface area contributed by atoms with Gasteiger partial charge in [0.2, 0.25) is 0 Å². The zero-order valence-electron chi connectivity index (χ0n) is 14.2. The molecule has 1 heterocycles. The first-order valence-corrected chi connectivity index (χ1v) is 9.01. The van der Waals surface area contributed by atoms with Crippen LogP contribution in [0.4, 0.5) is 0 Å². The van der Waals surface area contributed by atoms with Gasteiger partial charge in [-0.2, -0.15) is 5.26 Å². The molecule has 2 unspecified atom stereocenters. The van der Waals surface area contributed by atoms with Gasteiger partial charge in [-0.1, -0.05) is 19.8 Å². The zero-order valence-corrected chi connectivity index (χ0v) is 14.2. The topological polar surface area (TPSA) is 39.1 Å². The number of nitrogens with zero attached hydrogens (tertiary/aromatic N) is 2. The van der Waals surface area contributed by atoms with Crippen LogP contribution in [0.5, 0.6) is 0 Å². The Morgan fingerprint density at radius 1 is 1.29 bits per heavy atom. The van der Waals surface area contributed by atoms with Crippen LogP contribution in [0, 0.1) is 17.2 Å². The molecule has 0 aromatic carbocycles. The van der Waals surface area contributed by atoms with E-state index in [1.54, 1.807) is 0 Å². The van der Waals surface area contributed by atoms with Crippen LogP contribution < -0.4 is 5.32 Å². The average Bonchev–Trinajstić information content (AvgIpc) is 2.48. The molecule has 2 fully saturated rings. The Kier molecular flexibility index (Phi) is 6.08. The largest absolute Gasteiger partial charge is 0.300 e. The predicted molar refractivity (Wildman–Crippen MR) is 88.1 cm³/mol. The number of nitrogens with one attached hydrogen (secondary N) is 1. The molecule has 0 spiro atoms. The number of rotatable bonds is 5. The van der Waals surface area contributed by atoms with E-state index >= 15 is 0 Å². The maximum Gasteiger partial charge on any atom is 0.108 e. The first-order chi connectivity index (χ1) is 10.1. The van der Waals surface area contributed by atoms with Crippen LogP contribution in [0.1, 0.15) is 72.1 Å². The number of nitriles is 1. The monoisotopic (exact) mass is 291 g/mol. The van der Waals surface area contributed by atoms with E-state index in [1.165, 1.54) is 51.6 Å². The molecule has 2 atom stereocenters. The van der Waals surface area contributed by atoms with E-state index in [1.807, 2.05) is 0 Å². The molecule has 21 heavy (non-hydrogen) atoms. The van der Waals surface area contributed by atoms with Crippen LogP contribution in [0.15, 0.2) is 0 Å². The summed E-state index contributed by atoms with van der Waals surface area (Å²) in [5.41, 5.74) is -0.280. The molecular formula is C18H33N3. The molecule has 3 nitrogen and oxygen atoms in total. The third-order valence-corrected chi connectivity index (χ3v) is 5.37. The van der Waals surface area contributed by atoms with Crippen LogP contribution >= 0.6 is 0 Å². The van der Waals surface area contributed by atoms with Crippen molar-refractivity contribution >= 4 is 0 Å². The minimum absolute atomic E-state index is 0.280. The lowest BCUT2D eigenvalue weighted by atomic mass is 9.78. The summed E-state index contributed by atoms with van der Waals surface area (Å²) in [5.74, 6) is 0.948. The molecule has 0 aromatic heterocycles. The van der Waals surface area contributed by atoms with Gasteiger partial charge < -0.3 is 4.90 Å². The minimum atomic E-state index is -0.280. The maximum atomic E-state index is 9.69. The van der Waals surface area contributed by atoms with Crippen molar-refractivity contribution in [3.05, 3.63) is 0 Å². The minimum Gasteiger partial charge on any atom is -0.300 e. The Balaban J connectivity index is 1.91. The highest BCUT2D eigenvalue weighted by Crippen LogP contribution is 2.34. The fourth-order valence-corrected chi connectivity index (χ4v) is 4.39. The molecule has 0 radical (unpaired) electrons. The quantitative estimate of drug-likeness (QED) is 0.839. The first kappa shape index (κ1) is 16.8. The molecule has 3 heteroatoms. The summed E-state index contributed by atoms with van der Waals surface area (Å²) < 4.78 is 0. The van der Waals surface area contributed by atoms with Crippen LogP contribution in [0.2, 0.25) is 0 Å². The Morgan fingerprint density at radius 3 is 2.57 bits per heavy atom. The average molecular weight is 291 g/mol. The summed E-state index contributed by atoms with van der Waals surface area (Å²) in [4.78, 5) is 2.68. The third-order valence-electron chi connectivity index (χ3n) is 5.37. The fourth-order valence-electron chi connectivity index (χ4n) is 4.39. The van der Waals surface area contributed by atoms with E-state index in [4.69, 9.17) is 0 Å². The van der Waals surface area contributed by atoms with Crippen molar-refractivity contribution in [3.8, 4) is 6.07 Å². The van der Waals surface area contributed by atoms with Crippen molar-refractivity contribution in [2.75, 3.05) is 13.1 Å². The highest BCUT2D eigenvalue weighted by molar-refractivity contribution is 5.11. The van der Waals surface area contributed by atoms with Crippen LogP contribution in [0.3, 0.4) is 0 Å². The van der Waals surface area contributed by atoms with Gasteiger partial charge in [-0.15, -0.1) is 0 Å². The van der Waals surface area contributed by atoms with Gasteiger partial charge in [0.25, 0.3) is 0 Å². The SMILES string of the molecule is CCCC1CCN(C2CCCC(C#N)(NC(C)C)C2)CC1. The Bertz CT molecular complexity index is 352. The van der Waals surface area contributed by atoms with Gasteiger partial charge in [0.15, 0.2) is 0 Å². The first-order valence-electron chi connectivity index (χ1n) is 9.01. The second-order valence-electron chi connectivity index (χ2n) is 7.51. The predicted octanol–water partition coefficient (Wildman–Crippen LogP) is 3.70. The molecule has 1 N–H and O–H groups in total. The van der Waals surface area contributed by atoms with E-state index in [0.717, 1.165) is 18.8 Å². The van der Waals surface area contributed by atoms with Crippen molar-refractivity contribution in [2.45, 2.75) is 89.8 Å². The molecule has 2 rings (SSSR count). The zero-order chi connectivity index (χ0) is 15.3. The molecule has 1 aliphatic carbocycles. The van der Waals surface area contributed by atoms with Gasteiger partial charge in [0.1, 0.15) is 5.54 Å². The van der Waals surface area contributed by atoms with Crippen molar-refractivity contribution in [3.63, 3.8) is 0 Å². The lowest BCUT2D eigenvalue weighted by Gasteiger charge is -2.44. The number of piperidine rings is 1. The molecule has 0 bridgehead atoms. The lowest BCUT2D eigenvalue weighted by molar-refractivity contribution is 0.0797. The Morgan fingerprint density at radius 2 is 2.00 bits per heavy atom. The van der Waals surface area contributed by atoms with Crippen molar-refractivity contribution < 1.29 is 0 Å². The molecule has 120 valence electrons. The van der Waals surface area contributed by atoms with Crippen molar-refractivity contribution in [2.24, 2.45) is 5.92 Å². The molecule has 0 amide bonds. The third kappa shape index (κ3) is 4.44. The second-order valence-corrected chi connectivity index (χ2v) is 7.51. The van der Waals surface area contributed by atoms with Crippen LogP contribution in [0.25, 0.3) is 0 Å². The maximum absolute atomic E-state index is 9.69. The summed E-state index contributed by atoms with van der Waals surface area (Å²) in [6, 6.07) is 3.61. The smallest absolute Gasteiger partial charge is 0.108 e. The van der Waals surface area contributed by atoms with E-state index in [-0.39, 0.29) is 5.54 Å². The van der Waals surface area contributed by atoms with E-state index in [9.17, 15) is 5.26 Å². The van der Waals surface area contributed by atoms with E-state index in [2.05, 4.69) is 37.1 Å². The van der Waals surface area contributed by atoms with Crippen molar-refractivity contribution in [1.82, 2.24) is 10.2 Å². The van der Waals surface area contributed by atoms with Gasteiger partial charge in [-0.25, -0.2) is 0 Å². The number of hydrogen-bond acceptors (Lipinski definition) is 3.